The number of aromatic nitrogens is 2. The largest absolute Gasteiger partial charge is 0.480 e. The molecule has 0 unspecified atom stereocenters. The molecule has 1 aliphatic carbocycles. The fraction of sp³-hybridized carbons (Fsp3) is 0.750. The second-order valence-corrected chi connectivity index (χ2v) is 5.83. The molecule has 2 fully saturated rings. The van der Waals surface area contributed by atoms with Gasteiger partial charge in [0.05, 0.1) is 6.10 Å². The Labute approximate surface area is 115 Å². The van der Waals surface area contributed by atoms with E-state index in [9.17, 15) is 4.79 Å². The normalized spacial score (nSPS) is 20.7. The van der Waals surface area contributed by atoms with Crippen molar-refractivity contribution < 1.29 is 14.6 Å². The Kier molecular flexibility index (Phi) is 3.65. The van der Waals surface area contributed by atoms with E-state index >= 15 is 0 Å². The average Bonchev–Trinajstić information content (AvgIpc) is 3.15. The zero-order chi connectivity index (χ0) is 13.2. The number of ether oxygens (including phenoxy) is 1. The third-order valence-electron chi connectivity index (χ3n) is 3.53. The lowest BCUT2D eigenvalue weighted by Crippen LogP contribution is -2.37. The molecule has 0 aromatic carbocycles. The Balaban J connectivity index is 1.50. The predicted molar refractivity (Wildman–Crippen MR) is 70.7 cm³/mol. The molecule has 7 heteroatoms. The van der Waals surface area contributed by atoms with Gasteiger partial charge in [0, 0.05) is 30.5 Å². The number of carboxylic acid groups (broad SMARTS) is 1. The molecule has 1 saturated heterocycles. The van der Waals surface area contributed by atoms with Gasteiger partial charge in [-0.3, -0.25) is 0 Å². The maximum atomic E-state index is 10.4. The van der Waals surface area contributed by atoms with Crippen LogP contribution in [0.25, 0.3) is 0 Å². The molecule has 1 aliphatic heterocycles. The van der Waals surface area contributed by atoms with Crippen molar-refractivity contribution in [3.8, 4) is 0 Å². The van der Waals surface area contributed by atoms with Crippen LogP contribution in [-0.2, 0) is 9.53 Å². The van der Waals surface area contributed by atoms with Gasteiger partial charge in [-0.25, -0.2) is 9.78 Å². The van der Waals surface area contributed by atoms with Gasteiger partial charge in [-0.05, 0) is 25.7 Å². The molecule has 19 heavy (non-hydrogen) atoms. The number of carboxylic acids is 1. The molecule has 1 saturated carbocycles. The predicted octanol–water partition coefficient (Wildman–Crippen LogP) is 1.49. The van der Waals surface area contributed by atoms with E-state index in [0.29, 0.717) is 5.92 Å². The highest BCUT2D eigenvalue weighted by atomic mass is 32.1. The molecule has 0 spiro atoms. The molecule has 1 N–H and O–H groups in total. The van der Waals surface area contributed by atoms with Crippen LogP contribution in [0.4, 0.5) is 5.13 Å². The van der Waals surface area contributed by atoms with Crippen molar-refractivity contribution in [3.05, 3.63) is 5.82 Å². The van der Waals surface area contributed by atoms with Crippen LogP contribution >= 0.6 is 11.5 Å². The van der Waals surface area contributed by atoms with E-state index in [2.05, 4.69) is 14.3 Å². The van der Waals surface area contributed by atoms with Crippen molar-refractivity contribution in [2.24, 2.45) is 0 Å². The molecule has 1 aromatic heterocycles. The molecule has 6 nitrogen and oxygen atoms in total. The molecule has 1 aromatic rings. The van der Waals surface area contributed by atoms with Crippen molar-refractivity contribution in [1.82, 2.24) is 9.36 Å². The van der Waals surface area contributed by atoms with Gasteiger partial charge >= 0.3 is 5.97 Å². The summed E-state index contributed by atoms with van der Waals surface area (Å²) in [6, 6.07) is 0. The first kappa shape index (κ1) is 12.8. The van der Waals surface area contributed by atoms with Gasteiger partial charge in [-0.2, -0.15) is 4.37 Å². The highest BCUT2D eigenvalue weighted by molar-refractivity contribution is 7.09. The van der Waals surface area contributed by atoms with E-state index in [0.717, 1.165) is 36.9 Å². The number of carbonyl (C=O) groups is 1. The average molecular weight is 283 g/mol. The number of piperidine rings is 1. The smallest absolute Gasteiger partial charge is 0.329 e. The van der Waals surface area contributed by atoms with Crippen molar-refractivity contribution >= 4 is 22.6 Å². The van der Waals surface area contributed by atoms with E-state index in [-0.39, 0.29) is 12.7 Å². The van der Waals surface area contributed by atoms with Crippen molar-refractivity contribution in [2.75, 3.05) is 24.6 Å². The molecular weight excluding hydrogens is 266 g/mol. The molecule has 2 heterocycles. The highest BCUT2D eigenvalue weighted by Gasteiger charge is 2.29. The van der Waals surface area contributed by atoms with E-state index in [4.69, 9.17) is 9.84 Å². The maximum Gasteiger partial charge on any atom is 0.329 e. The number of aliphatic carboxylic acids is 1. The summed E-state index contributed by atoms with van der Waals surface area (Å²) in [7, 11) is 0. The number of hydrogen-bond acceptors (Lipinski definition) is 6. The zero-order valence-electron chi connectivity index (χ0n) is 10.6. The van der Waals surface area contributed by atoms with E-state index in [1.165, 1.54) is 24.4 Å². The lowest BCUT2D eigenvalue weighted by atomic mass is 10.1. The number of nitrogens with zero attached hydrogens (tertiary/aromatic N) is 3. The molecule has 0 amide bonds. The summed E-state index contributed by atoms with van der Waals surface area (Å²) < 4.78 is 9.74. The molecule has 0 atom stereocenters. The minimum atomic E-state index is -0.902. The monoisotopic (exact) mass is 283 g/mol. The van der Waals surface area contributed by atoms with E-state index < -0.39 is 5.97 Å². The molecule has 0 bridgehead atoms. The molecular formula is C12H17N3O3S. The summed E-state index contributed by atoms with van der Waals surface area (Å²) in [5, 5.41) is 9.58. The maximum absolute atomic E-state index is 10.4. The van der Waals surface area contributed by atoms with E-state index in [1.807, 2.05) is 0 Å². The number of rotatable bonds is 5. The van der Waals surface area contributed by atoms with Gasteiger partial charge in [0.25, 0.3) is 0 Å². The van der Waals surface area contributed by atoms with Gasteiger partial charge in [-0.1, -0.05) is 0 Å². The zero-order valence-corrected chi connectivity index (χ0v) is 11.4. The fourth-order valence-corrected chi connectivity index (χ4v) is 3.06. The number of hydrogen-bond donors (Lipinski definition) is 1. The summed E-state index contributed by atoms with van der Waals surface area (Å²) >= 11 is 1.47. The molecule has 104 valence electrons. The SMILES string of the molecule is O=C(O)COC1CCN(c2nc(C3CC3)ns2)CC1. The van der Waals surface area contributed by atoms with Gasteiger partial charge in [0.2, 0.25) is 5.13 Å². The van der Waals surface area contributed by atoms with Crippen LogP contribution in [0.2, 0.25) is 0 Å². The Hall–Kier alpha value is -1.21. The van der Waals surface area contributed by atoms with Crippen LogP contribution in [0.1, 0.15) is 37.4 Å². The molecule has 0 radical (unpaired) electrons. The second kappa shape index (κ2) is 5.42. The molecule has 2 aliphatic rings. The second-order valence-electron chi connectivity index (χ2n) is 5.10. The van der Waals surface area contributed by atoms with Gasteiger partial charge in [0.15, 0.2) is 0 Å². The third kappa shape index (κ3) is 3.22. The van der Waals surface area contributed by atoms with Crippen LogP contribution in [0.15, 0.2) is 0 Å². The van der Waals surface area contributed by atoms with Crippen LogP contribution in [0.3, 0.4) is 0 Å². The Morgan fingerprint density at radius 1 is 1.37 bits per heavy atom. The number of anilines is 1. The minimum absolute atomic E-state index is 0.0585. The minimum Gasteiger partial charge on any atom is -0.480 e. The van der Waals surface area contributed by atoms with Crippen molar-refractivity contribution in [2.45, 2.75) is 37.7 Å². The lowest BCUT2D eigenvalue weighted by Gasteiger charge is -2.31. The van der Waals surface area contributed by atoms with Crippen molar-refractivity contribution in [1.29, 1.82) is 0 Å². The van der Waals surface area contributed by atoms with Gasteiger partial charge < -0.3 is 14.7 Å². The topological polar surface area (TPSA) is 75.6 Å². The summed E-state index contributed by atoms with van der Waals surface area (Å²) in [6.45, 7) is 1.53. The first-order valence-corrected chi connectivity index (χ1v) is 7.41. The molecule has 3 rings (SSSR count). The quantitative estimate of drug-likeness (QED) is 0.882. The van der Waals surface area contributed by atoms with Crippen LogP contribution in [-0.4, -0.2) is 46.2 Å². The summed E-state index contributed by atoms with van der Waals surface area (Å²) in [6.07, 6.45) is 4.21. The van der Waals surface area contributed by atoms with Crippen LogP contribution < -0.4 is 4.90 Å². The summed E-state index contributed by atoms with van der Waals surface area (Å²) in [4.78, 5) is 17.3. The highest BCUT2D eigenvalue weighted by Crippen LogP contribution is 2.39. The standard InChI is InChI=1S/C12H17N3O3S/c16-10(17)7-18-9-3-5-15(6-4-9)12-13-11(14-19-12)8-1-2-8/h8-9H,1-7H2,(H,16,17). The van der Waals surface area contributed by atoms with Crippen LogP contribution in [0, 0.1) is 0 Å². The fourth-order valence-electron chi connectivity index (χ4n) is 2.27. The Bertz CT molecular complexity index is 453. The van der Waals surface area contributed by atoms with Crippen molar-refractivity contribution in [3.63, 3.8) is 0 Å². The van der Waals surface area contributed by atoms with Gasteiger partial charge in [-0.15, -0.1) is 0 Å². The Morgan fingerprint density at radius 2 is 2.11 bits per heavy atom. The van der Waals surface area contributed by atoms with Crippen LogP contribution in [0.5, 0.6) is 0 Å². The first-order valence-electron chi connectivity index (χ1n) is 6.64. The first-order chi connectivity index (χ1) is 9.22. The summed E-state index contributed by atoms with van der Waals surface area (Å²) in [5.74, 6) is 0.700. The Morgan fingerprint density at radius 3 is 2.74 bits per heavy atom. The summed E-state index contributed by atoms with van der Waals surface area (Å²) in [5.41, 5.74) is 0. The van der Waals surface area contributed by atoms with Gasteiger partial charge in [0.1, 0.15) is 12.4 Å². The van der Waals surface area contributed by atoms with E-state index in [1.54, 1.807) is 0 Å². The lowest BCUT2D eigenvalue weighted by molar-refractivity contribution is -0.144. The third-order valence-corrected chi connectivity index (χ3v) is 4.32.